The zero-order valence-corrected chi connectivity index (χ0v) is 12.5. The highest BCUT2D eigenvalue weighted by atomic mass is 35.5. The fraction of sp³-hybridized carbons (Fsp3) is 0.308. The van der Waals surface area contributed by atoms with E-state index in [0.717, 1.165) is 16.7 Å². The van der Waals surface area contributed by atoms with Gasteiger partial charge >= 0.3 is 0 Å². The lowest BCUT2D eigenvalue weighted by Gasteiger charge is -2.13. The van der Waals surface area contributed by atoms with Gasteiger partial charge in [0.05, 0.1) is 12.3 Å². The Labute approximate surface area is 130 Å². The highest BCUT2D eigenvalue weighted by molar-refractivity contribution is 8.15. The van der Waals surface area contributed by atoms with E-state index in [1.165, 1.54) is 0 Å². The molecule has 112 valence electrons. The van der Waals surface area contributed by atoms with Crippen molar-refractivity contribution in [3.63, 3.8) is 0 Å². The molecule has 0 radical (unpaired) electrons. The molecule has 6 nitrogen and oxygen atoms in total. The van der Waals surface area contributed by atoms with Gasteiger partial charge in [-0.15, -0.1) is 0 Å². The molecule has 0 saturated carbocycles. The van der Waals surface area contributed by atoms with Crippen LogP contribution in [0.15, 0.2) is 24.3 Å². The van der Waals surface area contributed by atoms with Crippen LogP contribution in [0.4, 0.5) is 10.5 Å². The molecule has 1 aromatic carbocycles. The summed E-state index contributed by atoms with van der Waals surface area (Å²) in [6.07, 6.45) is -0.0979. The number of hydrogen-bond acceptors (Lipinski definition) is 5. The van der Waals surface area contributed by atoms with Crippen molar-refractivity contribution in [2.45, 2.75) is 11.7 Å². The van der Waals surface area contributed by atoms with Gasteiger partial charge in [-0.3, -0.25) is 14.4 Å². The maximum absolute atomic E-state index is 12.2. The van der Waals surface area contributed by atoms with E-state index in [1.54, 1.807) is 24.3 Å². The second-order valence-electron chi connectivity index (χ2n) is 4.30. The molecule has 0 spiro atoms. The van der Waals surface area contributed by atoms with Crippen LogP contribution < -0.4 is 10.2 Å². The van der Waals surface area contributed by atoms with Crippen molar-refractivity contribution in [1.82, 2.24) is 5.32 Å². The molecule has 0 bridgehead atoms. The summed E-state index contributed by atoms with van der Waals surface area (Å²) in [6, 6.07) is 6.33. The third-order valence-corrected chi connectivity index (χ3v) is 4.10. The molecule has 0 aromatic heterocycles. The van der Waals surface area contributed by atoms with Crippen molar-refractivity contribution < 1.29 is 19.5 Å². The molecule has 1 fully saturated rings. The monoisotopic (exact) mass is 328 g/mol. The molecule has 1 aromatic rings. The first kappa shape index (κ1) is 15.8. The molecule has 21 heavy (non-hydrogen) atoms. The Morgan fingerprint density at radius 1 is 1.33 bits per heavy atom. The number of amides is 3. The summed E-state index contributed by atoms with van der Waals surface area (Å²) in [5.41, 5.74) is 0.431. The molecular weight excluding hydrogens is 316 g/mol. The van der Waals surface area contributed by atoms with Gasteiger partial charge in [0.2, 0.25) is 11.8 Å². The lowest BCUT2D eigenvalue weighted by molar-refractivity contribution is -0.124. The number of thioether (sulfide) groups is 1. The first-order valence-electron chi connectivity index (χ1n) is 6.20. The van der Waals surface area contributed by atoms with Crippen LogP contribution in [-0.4, -0.2) is 40.6 Å². The van der Waals surface area contributed by atoms with Gasteiger partial charge in [0.25, 0.3) is 5.24 Å². The van der Waals surface area contributed by atoms with Crippen molar-refractivity contribution in [3.05, 3.63) is 29.3 Å². The average molecular weight is 329 g/mol. The number of anilines is 1. The maximum Gasteiger partial charge on any atom is 0.293 e. The van der Waals surface area contributed by atoms with E-state index >= 15 is 0 Å². The molecule has 0 aliphatic carbocycles. The number of aliphatic hydroxyl groups excluding tert-OH is 1. The minimum Gasteiger partial charge on any atom is -0.395 e. The van der Waals surface area contributed by atoms with Gasteiger partial charge in [0.15, 0.2) is 0 Å². The molecule has 8 heteroatoms. The Kier molecular flexibility index (Phi) is 5.22. The SMILES string of the molecule is O=C(CC1SC(=O)N(c2ccc(Cl)cc2)C1=O)NCCO. The van der Waals surface area contributed by atoms with Crippen LogP contribution in [-0.2, 0) is 9.59 Å². The van der Waals surface area contributed by atoms with Gasteiger partial charge < -0.3 is 10.4 Å². The fourth-order valence-corrected chi connectivity index (χ4v) is 2.96. The number of imide groups is 1. The van der Waals surface area contributed by atoms with Gasteiger partial charge in [0, 0.05) is 18.0 Å². The third-order valence-electron chi connectivity index (χ3n) is 2.81. The Bertz CT molecular complexity index is 564. The molecule has 1 atom stereocenters. The lowest BCUT2D eigenvalue weighted by atomic mass is 10.2. The quantitative estimate of drug-likeness (QED) is 0.853. The predicted octanol–water partition coefficient (Wildman–Crippen LogP) is 1.41. The molecule has 1 heterocycles. The molecule has 2 rings (SSSR count). The third kappa shape index (κ3) is 3.75. The van der Waals surface area contributed by atoms with E-state index in [0.29, 0.717) is 10.7 Å². The predicted molar refractivity (Wildman–Crippen MR) is 80.4 cm³/mol. The summed E-state index contributed by atoms with van der Waals surface area (Å²) in [7, 11) is 0. The van der Waals surface area contributed by atoms with Crippen LogP contribution in [0.5, 0.6) is 0 Å². The van der Waals surface area contributed by atoms with Gasteiger partial charge in [-0.05, 0) is 36.0 Å². The number of halogens is 1. The number of carbonyl (C=O) groups excluding carboxylic acids is 3. The van der Waals surface area contributed by atoms with Gasteiger partial charge in [-0.25, -0.2) is 4.90 Å². The van der Waals surface area contributed by atoms with Crippen LogP contribution in [0.25, 0.3) is 0 Å². The van der Waals surface area contributed by atoms with Crippen molar-refractivity contribution in [3.8, 4) is 0 Å². The second kappa shape index (κ2) is 6.93. The van der Waals surface area contributed by atoms with E-state index in [1.807, 2.05) is 0 Å². The van der Waals surface area contributed by atoms with Crippen LogP contribution in [0, 0.1) is 0 Å². The lowest BCUT2D eigenvalue weighted by Crippen LogP contribution is -2.35. The maximum atomic E-state index is 12.2. The Balaban J connectivity index is 2.06. The van der Waals surface area contributed by atoms with E-state index < -0.39 is 16.4 Å². The van der Waals surface area contributed by atoms with Crippen LogP contribution in [0.1, 0.15) is 6.42 Å². The van der Waals surface area contributed by atoms with Crippen molar-refractivity contribution >= 4 is 46.1 Å². The van der Waals surface area contributed by atoms with E-state index in [4.69, 9.17) is 16.7 Å². The van der Waals surface area contributed by atoms with Gasteiger partial charge in [-0.1, -0.05) is 11.6 Å². The number of hydrogen-bond donors (Lipinski definition) is 2. The first-order chi connectivity index (χ1) is 10.0. The summed E-state index contributed by atoms with van der Waals surface area (Å²) < 4.78 is 0. The summed E-state index contributed by atoms with van der Waals surface area (Å²) >= 11 is 6.59. The summed E-state index contributed by atoms with van der Waals surface area (Å²) in [4.78, 5) is 36.8. The number of rotatable bonds is 5. The minimum atomic E-state index is -0.744. The van der Waals surface area contributed by atoms with Crippen LogP contribution in [0.2, 0.25) is 5.02 Å². The summed E-state index contributed by atoms with van der Waals surface area (Å²) in [6.45, 7) is -0.0490. The summed E-state index contributed by atoms with van der Waals surface area (Å²) in [5, 5.41) is 10.4. The van der Waals surface area contributed by atoms with E-state index in [9.17, 15) is 14.4 Å². The number of nitrogens with one attached hydrogen (secondary N) is 1. The van der Waals surface area contributed by atoms with Gasteiger partial charge in [-0.2, -0.15) is 0 Å². The van der Waals surface area contributed by atoms with E-state index in [-0.39, 0.29) is 25.5 Å². The molecule has 1 aliphatic rings. The molecule has 1 saturated heterocycles. The Hall–Kier alpha value is -1.57. The second-order valence-corrected chi connectivity index (χ2v) is 5.89. The standard InChI is InChI=1S/C13H13ClN2O4S/c14-8-1-3-9(4-2-8)16-12(19)10(21-13(16)20)7-11(18)15-5-6-17/h1-4,10,17H,5-7H2,(H,15,18). The zero-order valence-electron chi connectivity index (χ0n) is 10.9. The Morgan fingerprint density at radius 3 is 2.62 bits per heavy atom. The summed E-state index contributed by atoms with van der Waals surface area (Å²) in [5.74, 6) is -0.799. The Morgan fingerprint density at radius 2 is 2.00 bits per heavy atom. The van der Waals surface area contributed by atoms with Crippen molar-refractivity contribution in [1.29, 1.82) is 0 Å². The topological polar surface area (TPSA) is 86.7 Å². The number of nitrogens with zero attached hydrogens (tertiary/aromatic N) is 1. The number of carbonyl (C=O) groups is 3. The molecule has 1 unspecified atom stereocenters. The normalized spacial score (nSPS) is 18.2. The zero-order chi connectivity index (χ0) is 15.4. The van der Waals surface area contributed by atoms with Gasteiger partial charge in [0.1, 0.15) is 5.25 Å². The number of benzene rings is 1. The first-order valence-corrected chi connectivity index (χ1v) is 7.46. The van der Waals surface area contributed by atoms with Crippen LogP contribution >= 0.6 is 23.4 Å². The number of aliphatic hydroxyl groups is 1. The van der Waals surface area contributed by atoms with E-state index in [2.05, 4.69) is 5.32 Å². The average Bonchev–Trinajstić information content (AvgIpc) is 2.72. The van der Waals surface area contributed by atoms with Crippen molar-refractivity contribution in [2.24, 2.45) is 0 Å². The smallest absolute Gasteiger partial charge is 0.293 e. The molecule has 1 aliphatic heterocycles. The molecule has 3 amide bonds. The largest absolute Gasteiger partial charge is 0.395 e. The minimum absolute atomic E-state index is 0.0979. The molecular formula is C13H13ClN2O4S. The van der Waals surface area contributed by atoms with Crippen LogP contribution in [0.3, 0.4) is 0 Å². The molecule has 2 N–H and O–H groups in total. The van der Waals surface area contributed by atoms with Crippen molar-refractivity contribution in [2.75, 3.05) is 18.1 Å². The fourth-order valence-electron chi connectivity index (χ4n) is 1.85. The highest BCUT2D eigenvalue weighted by Crippen LogP contribution is 2.33. The highest BCUT2D eigenvalue weighted by Gasteiger charge is 2.41.